The van der Waals surface area contributed by atoms with E-state index in [4.69, 9.17) is 0 Å². The molecule has 0 N–H and O–H groups in total. The van der Waals surface area contributed by atoms with Gasteiger partial charge in [0.2, 0.25) is 0 Å². The van der Waals surface area contributed by atoms with E-state index >= 15 is 0 Å². The number of rotatable bonds is 4. The van der Waals surface area contributed by atoms with Crippen LogP contribution in [0.4, 0.5) is 22.7 Å². The van der Waals surface area contributed by atoms with Crippen LogP contribution >= 0.6 is 45.3 Å². The van der Waals surface area contributed by atoms with Gasteiger partial charge in [-0.1, -0.05) is 0 Å². The summed E-state index contributed by atoms with van der Waals surface area (Å²) in [4.78, 5) is 44.4. The van der Waals surface area contributed by atoms with Gasteiger partial charge in [-0.15, -0.1) is 45.3 Å². The van der Waals surface area contributed by atoms with Gasteiger partial charge in [-0.2, -0.15) is 0 Å². The molecule has 12 nitrogen and oxygen atoms in total. The van der Waals surface area contributed by atoms with Crippen LogP contribution < -0.4 is 0 Å². The molecule has 4 aromatic carbocycles. The first-order valence-corrected chi connectivity index (χ1v) is 14.2. The zero-order valence-electron chi connectivity index (χ0n) is 19.6. The van der Waals surface area contributed by atoms with E-state index in [0.29, 0.717) is 18.8 Å². The third-order valence-corrected chi connectivity index (χ3v) is 9.65. The molecule has 0 saturated heterocycles. The number of nitro benzene ring substituents is 4. The second-order valence-corrected chi connectivity index (χ2v) is 12.4. The zero-order chi connectivity index (χ0) is 28.6. The maximum absolute atomic E-state index is 11.8. The maximum Gasteiger partial charge on any atom is 0.293 e. The minimum absolute atomic E-state index is 0.211. The molecule has 0 aliphatic rings. The molecule has 0 fully saturated rings. The van der Waals surface area contributed by atoms with Gasteiger partial charge in [0.1, 0.15) is 18.8 Å². The molecule has 8 bridgehead atoms. The van der Waals surface area contributed by atoms with Gasteiger partial charge >= 0.3 is 0 Å². The number of hydrogen-bond donors (Lipinski definition) is 0. The van der Waals surface area contributed by atoms with Crippen LogP contribution in [0, 0.1) is 40.5 Å². The lowest BCUT2D eigenvalue weighted by Gasteiger charge is -1.99. The van der Waals surface area contributed by atoms with E-state index in [1.165, 1.54) is 12.1 Å². The summed E-state index contributed by atoms with van der Waals surface area (Å²) in [7, 11) is 0. The molecule has 16 heteroatoms. The van der Waals surface area contributed by atoms with Crippen LogP contribution in [0.1, 0.15) is 0 Å². The van der Waals surface area contributed by atoms with Crippen molar-refractivity contribution in [1.82, 2.24) is 0 Å². The van der Waals surface area contributed by atoms with Gasteiger partial charge in [0.25, 0.3) is 22.7 Å². The first-order chi connectivity index (χ1) is 19.1. The minimum Gasteiger partial charge on any atom is -0.258 e. The Kier molecular flexibility index (Phi) is 7.31. The smallest absolute Gasteiger partial charge is 0.258 e. The lowest BCUT2D eigenvalue weighted by Crippen LogP contribution is -1.93. The Labute approximate surface area is 237 Å². The van der Waals surface area contributed by atoms with Crippen LogP contribution in [0.15, 0.2) is 72.8 Å². The standard InChI is InChI=1S/C24H12N4O8S4/c29-25(30)17-9-19(27(33)34)23-11-21(17)37-13-1-2-14(4-3-13)38-22-12-24(20(28(35)36)10-18(22)26(31)32)40-16-7-5-15(39-23)6-8-16/h1-12H. The van der Waals surface area contributed by atoms with Crippen LogP contribution in [0.3, 0.4) is 0 Å². The van der Waals surface area contributed by atoms with Gasteiger partial charge in [-0.3, -0.25) is 40.5 Å². The molecule has 0 radical (unpaired) electrons. The molecule has 0 unspecified atom stereocenters. The highest BCUT2D eigenvalue weighted by Crippen LogP contribution is 2.38. The van der Waals surface area contributed by atoms with Crippen molar-refractivity contribution in [2.45, 2.75) is 0 Å². The Bertz CT molecular complexity index is 1730. The Balaban J connectivity index is 1.97. The highest BCUT2D eigenvalue weighted by molar-refractivity contribution is 7.26. The van der Waals surface area contributed by atoms with Gasteiger partial charge in [0, 0.05) is 18.8 Å². The maximum atomic E-state index is 11.8. The molecule has 0 aliphatic heterocycles. The molecular formula is C24H12N4O8S4. The van der Waals surface area contributed by atoms with E-state index < -0.39 is 42.4 Å². The zero-order valence-corrected chi connectivity index (χ0v) is 22.9. The van der Waals surface area contributed by atoms with Gasteiger partial charge in [-0.05, 0) is 60.7 Å². The highest BCUT2D eigenvalue weighted by atomic mass is 32.1. The highest BCUT2D eigenvalue weighted by Gasteiger charge is 2.22. The van der Waals surface area contributed by atoms with E-state index in [1.807, 2.05) is 0 Å². The van der Waals surface area contributed by atoms with Gasteiger partial charge in [-0.25, -0.2) is 0 Å². The monoisotopic (exact) mass is 612 g/mol. The minimum atomic E-state index is -0.669. The summed E-state index contributed by atoms with van der Waals surface area (Å²) < 4.78 is 3.22. The predicted octanol–water partition coefficient (Wildman–Crippen LogP) is 8.99. The van der Waals surface area contributed by atoms with Crippen molar-refractivity contribution < 1.29 is 19.7 Å². The fraction of sp³-hybridized carbons (Fsp3) is 0. The molecule has 0 atom stereocenters. The quantitative estimate of drug-likeness (QED) is 0.143. The van der Waals surface area contributed by atoms with Crippen molar-refractivity contribution in [3.8, 4) is 0 Å². The molecule has 0 saturated carbocycles. The van der Waals surface area contributed by atoms with Crippen molar-refractivity contribution >= 4 is 106 Å². The Hall–Kier alpha value is -4.64. The summed E-state index contributed by atoms with van der Waals surface area (Å²) in [6, 6.07) is 18.0. The summed E-state index contributed by atoms with van der Waals surface area (Å²) in [5.41, 5.74) is -1.63. The Morgan fingerprint density at radius 3 is 0.750 bits per heavy atom. The van der Waals surface area contributed by atoms with Crippen LogP contribution in [-0.2, 0) is 0 Å². The van der Waals surface area contributed by atoms with Crippen molar-refractivity contribution in [3.63, 3.8) is 0 Å². The molecule has 4 aromatic heterocycles. The predicted molar refractivity (Wildman–Crippen MR) is 159 cm³/mol. The Morgan fingerprint density at radius 2 is 0.575 bits per heavy atom. The van der Waals surface area contributed by atoms with Crippen molar-refractivity contribution in [2.75, 3.05) is 0 Å². The SMILES string of the molecule is O=[N+]([O-])c1cc([N+](=O)[O-])c2cc1sc1ccc(cc1)sc1cc(sc3ccc(cc3)s2)c([N+](=O)[O-])cc1[N+](=O)[O-]. The van der Waals surface area contributed by atoms with E-state index in [9.17, 15) is 40.5 Å². The second kappa shape index (κ2) is 10.9. The summed E-state index contributed by atoms with van der Waals surface area (Å²) in [6.45, 7) is 0. The van der Waals surface area contributed by atoms with Crippen LogP contribution in [0.2, 0.25) is 0 Å². The third-order valence-electron chi connectivity index (χ3n) is 5.43. The molecule has 0 amide bonds. The van der Waals surface area contributed by atoms with Crippen LogP contribution in [-0.4, -0.2) is 19.7 Å². The second-order valence-electron chi connectivity index (χ2n) is 7.95. The van der Waals surface area contributed by atoms with E-state index in [1.54, 1.807) is 48.5 Å². The van der Waals surface area contributed by atoms with E-state index in [2.05, 4.69) is 0 Å². The molecular weight excluding hydrogens is 601 g/mol. The lowest BCUT2D eigenvalue weighted by molar-refractivity contribution is -0.392. The summed E-state index contributed by atoms with van der Waals surface area (Å²) >= 11 is 4.22. The number of non-ortho nitro benzene ring substituents is 4. The van der Waals surface area contributed by atoms with Crippen molar-refractivity contribution in [3.05, 3.63) is 113 Å². The van der Waals surface area contributed by atoms with Gasteiger partial charge in [0.05, 0.1) is 31.8 Å². The number of nitrogens with zero attached hydrogens (tertiary/aromatic N) is 4. The molecule has 8 rings (SSSR count). The summed E-state index contributed by atoms with van der Waals surface area (Å²) in [5, 5.41) is 47.1. The van der Waals surface area contributed by atoms with Crippen LogP contribution in [0.25, 0.3) is 37.6 Å². The lowest BCUT2D eigenvalue weighted by atomic mass is 10.3. The summed E-state index contributed by atoms with van der Waals surface area (Å²) in [5.74, 6) is 0. The molecule has 0 spiro atoms. The fourth-order valence-electron chi connectivity index (χ4n) is 3.63. The number of hydrogen-bond acceptors (Lipinski definition) is 12. The molecule has 40 heavy (non-hydrogen) atoms. The van der Waals surface area contributed by atoms with Crippen LogP contribution in [0.5, 0.6) is 0 Å². The Morgan fingerprint density at radius 1 is 0.375 bits per heavy atom. The molecule has 8 aromatic rings. The van der Waals surface area contributed by atoms with Gasteiger partial charge in [0.15, 0.2) is 0 Å². The number of benzene rings is 4. The first-order valence-electron chi connectivity index (χ1n) is 10.9. The number of nitro groups is 4. The largest absolute Gasteiger partial charge is 0.293 e. The fourth-order valence-corrected chi connectivity index (χ4v) is 7.55. The van der Waals surface area contributed by atoms with Crippen molar-refractivity contribution in [1.29, 1.82) is 0 Å². The normalized spacial score (nSPS) is 10.8. The van der Waals surface area contributed by atoms with Crippen molar-refractivity contribution in [2.24, 2.45) is 0 Å². The summed E-state index contributed by atoms with van der Waals surface area (Å²) in [6.07, 6.45) is 0. The third kappa shape index (κ3) is 5.55. The first kappa shape index (κ1) is 26.9. The topological polar surface area (TPSA) is 173 Å². The average molecular weight is 613 g/mol. The molecule has 4 heterocycles. The van der Waals surface area contributed by atoms with E-state index in [0.717, 1.165) is 57.5 Å². The van der Waals surface area contributed by atoms with E-state index in [-0.39, 0.29) is 18.8 Å². The van der Waals surface area contributed by atoms with Gasteiger partial charge < -0.3 is 0 Å². The molecule has 200 valence electrons. The molecule has 0 aliphatic carbocycles. The average Bonchev–Trinajstić information content (AvgIpc) is 2.90.